The van der Waals surface area contributed by atoms with Crippen LogP contribution in [0.2, 0.25) is 0 Å². The fourth-order valence-electron chi connectivity index (χ4n) is 3.02. The molecule has 0 fully saturated rings. The summed E-state index contributed by atoms with van der Waals surface area (Å²) in [5, 5.41) is 6.67. The van der Waals surface area contributed by atoms with Crippen molar-refractivity contribution in [2.75, 3.05) is 6.79 Å². The minimum atomic E-state index is -0.432. The van der Waals surface area contributed by atoms with Gasteiger partial charge in [0.05, 0.1) is 0 Å². The van der Waals surface area contributed by atoms with Crippen LogP contribution in [0.3, 0.4) is 0 Å². The molecule has 3 heterocycles. The number of hydrogen-bond acceptors (Lipinski definition) is 6. The molecule has 0 saturated heterocycles. The lowest BCUT2D eigenvalue weighted by Crippen LogP contribution is -2.23. The molecular weight excluding hydrogens is 372 g/mol. The molecule has 0 bridgehead atoms. The van der Waals surface area contributed by atoms with Crippen molar-refractivity contribution in [3.05, 3.63) is 78.4 Å². The molecule has 1 aliphatic rings. The lowest BCUT2D eigenvalue weighted by atomic mass is 10.2. The van der Waals surface area contributed by atoms with E-state index in [0.717, 1.165) is 11.3 Å². The van der Waals surface area contributed by atoms with Crippen LogP contribution < -0.4 is 14.8 Å². The Bertz CT molecular complexity index is 1150. The van der Waals surface area contributed by atoms with Crippen LogP contribution in [-0.2, 0) is 6.54 Å². The molecule has 0 radical (unpaired) electrons. The van der Waals surface area contributed by atoms with E-state index in [1.165, 1.54) is 0 Å². The normalized spacial score (nSPS) is 12.1. The van der Waals surface area contributed by atoms with Crippen molar-refractivity contribution in [1.82, 2.24) is 20.0 Å². The number of rotatable bonds is 5. The second-order valence-electron chi connectivity index (χ2n) is 6.43. The zero-order chi connectivity index (χ0) is 19.6. The highest BCUT2D eigenvalue weighted by molar-refractivity contribution is 5.89. The Kier molecular flexibility index (Phi) is 4.21. The predicted molar refractivity (Wildman–Crippen MR) is 103 cm³/mol. The second kappa shape index (κ2) is 7.16. The summed E-state index contributed by atoms with van der Waals surface area (Å²) in [7, 11) is 0. The van der Waals surface area contributed by atoms with Crippen LogP contribution in [0.4, 0.5) is 0 Å². The summed E-state index contributed by atoms with van der Waals surface area (Å²) in [4.78, 5) is 16.5. The Morgan fingerprint density at radius 3 is 2.66 bits per heavy atom. The van der Waals surface area contributed by atoms with Gasteiger partial charge in [-0.05, 0) is 48.0 Å². The Balaban J connectivity index is 1.24. The predicted octanol–water partition coefficient (Wildman–Crippen LogP) is 3.19. The van der Waals surface area contributed by atoms with E-state index in [1.54, 1.807) is 18.2 Å². The molecule has 2 aromatic carbocycles. The summed E-state index contributed by atoms with van der Waals surface area (Å²) in [6.45, 7) is 0.539. The highest BCUT2D eigenvalue weighted by atomic mass is 16.7. The molecule has 8 nitrogen and oxygen atoms in total. The zero-order valence-corrected chi connectivity index (χ0v) is 15.2. The van der Waals surface area contributed by atoms with Crippen molar-refractivity contribution in [1.29, 1.82) is 0 Å². The van der Waals surface area contributed by atoms with Gasteiger partial charge >= 0.3 is 11.8 Å². The number of fused-ring (bicyclic) bond motifs is 1. The summed E-state index contributed by atoms with van der Waals surface area (Å²) < 4.78 is 17.7. The molecular formula is C21H16N4O4. The van der Waals surface area contributed by atoms with Crippen LogP contribution in [0.25, 0.3) is 17.1 Å². The molecule has 2 aromatic heterocycles. The third-order valence-corrected chi connectivity index (χ3v) is 4.54. The minimum absolute atomic E-state index is 0.0957. The maximum absolute atomic E-state index is 12.3. The van der Waals surface area contributed by atoms with Gasteiger partial charge in [0.25, 0.3) is 0 Å². The van der Waals surface area contributed by atoms with Crippen molar-refractivity contribution < 1.29 is 18.8 Å². The number of nitrogens with one attached hydrogen (secondary N) is 1. The van der Waals surface area contributed by atoms with Crippen LogP contribution in [-0.4, -0.2) is 27.4 Å². The molecule has 0 saturated carbocycles. The SMILES string of the molecule is O=C(NCc1ccc(-n2cccc2)cc1)c1nc(-c2ccc3c(c2)OCO3)no1. The van der Waals surface area contributed by atoms with Gasteiger partial charge in [0.1, 0.15) is 0 Å². The van der Waals surface area contributed by atoms with Gasteiger partial charge in [-0.3, -0.25) is 4.79 Å². The fourth-order valence-corrected chi connectivity index (χ4v) is 3.02. The molecule has 144 valence electrons. The third kappa shape index (κ3) is 3.43. The van der Waals surface area contributed by atoms with Crippen molar-refractivity contribution in [2.24, 2.45) is 0 Å². The number of carbonyl (C=O) groups is 1. The maximum Gasteiger partial charge on any atom is 0.316 e. The second-order valence-corrected chi connectivity index (χ2v) is 6.43. The molecule has 0 aliphatic carbocycles. The van der Waals surface area contributed by atoms with Crippen molar-refractivity contribution >= 4 is 5.91 Å². The third-order valence-electron chi connectivity index (χ3n) is 4.54. The molecule has 5 rings (SSSR count). The zero-order valence-electron chi connectivity index (χ0n) is 15.2. The van der Waals surface area contributed by atoms with Gasteiger partial charge < -0.3 is 23.9 Å². The molecule has 8 heteroatoms. The van der Waals surface area contributed by atoms with E-state index >= 15 is 0 Å². The smallest absolute Gasteiger partial charge is 0.316 e. The first kappa shape index (κ1) is 17.1. The molecule has 1 N–H and O–H groups in total. The number of ether oxygens (including phenoxy) is 2. The lowest BCUT2D eigenvalue weighted by Gasteiger charge is -2.06. The summed E-state index contributed by atoms with van der Waals surface area (Å²) in [5.41, 5.74) is 2.69. The first-order chi connectivity index (χ1) is 14.3. The first-order valence-corrected chi connectivity index (χ1v) is 9.00. The van der Waals surface area contributed by atoms with Crippen LogP contribution in [0.1, 0.15) is 16.2 Å². The monoisotopic (exact) mass is 388 g/mol. The van der Waals surface area contributed by atoms with Gasteiger partial charge in [0.2, 0.25) is 12.6 Å². The number of carbonyl (C=O) groups excluding carboxylic acids is 1. The van der Waals surface area contributed by atoms with Gasteiger partial charge in [-0.1, -0.05) is 17.3 Å². The van der Waals surface area contributed by atoms with Crippen molar-refractivity contribution in [2.45, 2.75) is 6.54 Å². The average molecular weight is 388 g/mol. The quantitative estimate of drug-likeness (QED) is 0.565. The van der Waals surface area contributed by atoms with Gasteiger partial charge in [-0.2, -0.15) is 4.98 Å². The molecule has 1 amide bonds. The topological polar surface area (TPSA) is 91.4 Å². The number of hydrogen-bond donors (Lipinski definition) is 1. The van der Waals surface area contributed by atoms with Crippen LogP contribution >= 0.6 is 0 Å². The number of benzene rings is 2. The first-order valence-electron chi connectivity index (χ1n) is 9.00. The van der Waals surface area contributed by atoms with Gasteiger partial charge in [-0.15, -0.1) is 0 Å². The highest BCUT2D eigenvalue weighted by Gasteiger charge is 2.19. The van der Waals surface area contributed by atoms with Gasteiger partial charge in [0.15, 0.2) is 11.5 Å². The van der Waals surface area contributed by atoms with Crippen LogP contribution in [0, 0.1) is 0 Å². The largest absolute Gasteiger partial charge is 0.454 e. The standard InChI is InChI=1S/C21H16N4O4/c26-20(22-12-14-3-6-16(7-4-14)25-9-1-2-10-25)21-23-19(24-29-21)15-5-8-17-18(11-15)28-13-27-17/h1-11H,12-13H2,(H,22,26). The molecule has 29 heavy (non-hydrogen) atoms. The molecule has 1 aliphatic heterocycles. The fraction of sp³-hybridized carbons (Fsp3) is 0.0952. The van der Waals surface area contributed by atoms with E-state index in [9.17, 15) is 4.79 Å². The van der Waals surface area contributed by atoms with Crippen LogP contribution in [0.5, 0.6) is 11.5 Å². The van der Waals surface area contributed by atoms with Gasteiger partial charge in [0, 0.05) is 30.2 Å². The Hall–Kier alpha value is -4.07. The van der Waals surface area contributed by atoms with E-state index in [2.05, 4.69) is 15.5 Å². The summed E-state index contributed by atoms with van der Waals surface area (Å²) >= 11 is 0. The Morgan fingerprint density at radius 1 is 1.03 bits per heavy atom. The lowest BCUT2D eigenvalue weighted by molar-refractivity contribution is 0.0907. The summed E-state index contributed by atoms with van der Waals surface area (Å²) in [6, 6.07) is 17.1. The highest BCUT2D eigenvalue weighted by Crippen LogP contribution is 2.35. The van der Waals surface area contributed by atoms with E-state index in [0.29, 0.717) is 29.4 Å². The minimum Gasteiger partial charge on any atom is -0.454 e. The molecule has 0 atom stereocenters. The van der Waals surface area contributed by atoms with Crippen molar-refractivity contribution in [3.8, 4) is 28.6 Å². The number of nitrogens with zero attached hydrogens (tertiary/aromatic N) is 3. The van der Waals surface area contributed by atoms with Gasteiger partial charge in [-0.25, -0.2) is 0 Å². The van der Waals surface area contributed by atoms with E-state index in [1.807, 2.05) is 53.4 Å². The van der Waals surface area contributed by atoms with E-state index < -0.39 is 5.91 Å². The van der Waals surface area contributed by atoms with Crippen molar-refractivity contribution in [3.63, 3.8) is 0 Å². The van der Waals surface area contributed by atoms with E-state index in [-0.39, 0.29) is 12.7 Å². The maximum atomic E-state index is 12.3. The molecule has 4 aromatic rings. The number of aromatic nitrogens is 3. The Morgan fingerprint density at radius 2 is 1.83 bits per heavy atom. The van der Waals surface area contributed by atoms with Crippen LogP contribution in [0.15, 0.2) is 71.5 Å². The molecule has 0 spiro atoms. The number of amides is 1. The summed E-state index contributed by atoms with van der Waals surface area (Å²) in [6.07, 6.45) is 3.95. The van der Waals surface area contributed by atoms with E-state index in [4.69, 9.17) is 14.0 Å². The summed E-state index contributed by atoms with van der Waals surface area (Å²) in [5.74, 6) is 1.06. The Labute approximate surface area is 165 Å². The molecule has 0 unspecified atom stereocenters. The average Bonchev–Trinajstić information content (AvgIpc) is 3.53.